The minimum Gasteiger partial charge on any atom is -0.357 e. The van der Waals surface area contributed by atoms with E-state index in [9.17, 15) is 0 Å². The van der Waals surface area contributed by atoms with Gasteiger partial charge in [-0.2, -0.15) is 4.98 Å². The number of hydrogen-bond acceptors (Lipinski definition) is 4. The first kappa shape index (κ1) is 16.5. The molecule has 0 radical (unpaired) electrons. The van der Waals surface area contributed by atoms with Gasteiger partial charge in [0.25, 0.3) is 0 Å². The third-order valence-electron chi connectivity index (χ3n) is 2.79. The van der Waals surface area contributed by atoms with Gasteiger partial charge in [0.1, 0.15) is 6.54 Å². The Kier molecular flexibility index (Phi) is 7.69. The summed E-state index contributed by atoms with van der Waals surface area (Å²) in [6.45, 7) is 10.5. The van der Waals surface area contributed by atoms with Crippen molar-refractivity contribution in [1.29, 1.82) is 0 Å². The zero-order chi connectivity index (χ0) is 14.8. The molecule has 6 nitrogen and oxygen atoms in total. The average Bonchev–Trinajstić information content (AvgIpc) is 2.81. The summed E-state index contributed by atoms with van der Waals surface area (Å²) in [4.78, 5) is 8.57. The molecule has 1 aromatic rings. The zero-order valence-corrected chi connectivity index (χ0v) is 13.1. The molecule has 0 saturated heterocycles. The maximum absolute atomic E-state index is 4.92. The Balaban J connectivity index is 2.31. The molecule has 0 saturated carbocycles. The number of aromatic nitrogens is 2. The summed E-state index contributed by atoms with van der Waals surface area (Å²) in [5, 5.41) is 10.4. The Labute approximate surface area is 121 Å². The van der Waals surface area contributed by atoms with Gasteiger partial charge in [0.2, 0.25) is 5.89 Å². The first-order chi connectivity index (χ1) is 9.61. The van der Waals surface area contributed by atoms with Crippen LogP contribution in [0.4, 0.5) is 0 Å². The molecule has 0 aliphatic heterocycles. The van der Waals surface area contributed by atoms with Crippen molar-refractivity contribution in [3.8, 4) is 0 Å². The van der Waals surface area contributed by atoms with Crippen molar-refractivity contribution < 1.29 is 4.52 Å². The standard InChI is InChI=1S/C14H27N5O/c1-5-15-14(16-9-7-6-8-11(2)3)17-10-13-18-12(4)20-19-13/h11H,5-10H2,1-4H3,(H2,15,16,17). The van der Waals surface area contributed by atoms with Crippen LogP contribution in [-0.2, 0) is 6.54 Å². The van der Waals surface area contributed by atoms with Gasteiger partial charge >= 0.3 is 0 Å². The number of nitrogens with one attached hydrogen (secondary N) is 2. The van der Waals surface area contributed by atoms with E-state index in [0.29, 0.717) is 18.3 Å². The number of rotatable bonds is 8. The molecule has 0 spiro atoms. The van der Waals surface area contributed by atoms with Crippen LogP contribution in [0, 0.1) is 12.8 Å². The van der Waals surface area contributed by atoms with Crippen molar-refractivity contribution in [2.45, 2.75) is 53.5 Å². The van der Waals surface area contributed by atoms with E-state index in [-0.39, 0.29) is 0 Å². The minimum absolute atomic E-state index is 0.429. The first-order valence-corrected chi connectivity index (χ1v) is 7.43. The fraction of sp³-hybridized carbons (Fsp3) is 0.786. The topological polar surface area (TPSA) is 75.3 Å². The van der Waals surface area contributed by atoms with Crippen molar-refractivity contribution in [3.05, 3.63) is 11.7 Å². The lowest BCUT2D eigenvalue weighted by molar-refractivity contribution is 0.387. The maximum Gasteiger partial charge on any atom is 0.223 e. The van der Waals surface area contributed by atoms with Crippen LogP contribution in [0.15, 0.2) is 9.52 Å². The van der Waals surface area contributed by atoms with E-state index in [2.05, 4.69) is 46.5 Å². The van der Waals surface area contributed by atoms with Crippen LogP contribution >= 0.6 is 0 Å². The molecule has 1 heterocycles. The fourth-order valence-corrected chi connectivity index (χ4v) is 1.78. The third kappa shape index (κ3) is 7.11. The number of guanidine groups is 1. The molecule has 20 heavy (non-hydrogen) atoms. The quantitative estimate of drug-likeness (QED) is 0.434. The van der Waals surface area contributed by atoms with Crippen molar-refractivity contribution in [1.82, 2.24) is 20.8 Å². The summed E-state index contributed by atoms with van der Waals surface area (Å²) in [6, 6.07) is 0. The molecular weight excluding hydrogens is 254 g/mol. The first-order valence-electron chi connectivity index (χ1n) is 7.43. The van der Waals surface area contributed by atoms with Crippen LogP contribution in [0.2, 0.25) is 0 Å². The SMILES string of the molecule is CCNC(=NCc1noc(C)n1)NCCCCC(C)C. The predicted molar refractivity (Wildman–Crippen MR) is 80.5 cm³/mol. The lowest BCUT2D eigenvalue weighted by Crippen LogP contribution is -2.37. The Hall–Kier alpha value is -1.59. The molecule has 0 atom stereocenters. The zero-order valence-electron chi connectivity index (χ0n) is 13.1. The molecule has 6 heteroatoms. The smallest absolute Gasteiger partial charge is 0.223 e. The minimum atomic E-state index is 0.429. The summed E-state index contributed by atoms with van der Waals surface area (Å²) in [7, 11) is 0. The largest absolute Gasteiger partial charge is 0.357 e. The Bertz CT molecular complexity index is 400. The van der Waals surface area contributed by atoms with Crippen LogP contribution in [0.1, 0.15) is 51.7 Å². The van der Waals surface area contributed by atoms with Gasteiger partial charge in [0.15, 0.2) is 11.8 Å². The van der Waals surface area contributed by atoms with E-state index in [1.807, 2.05) is 0 Å². The molecule has 0 aliphatic carbocycles. The third-order valence-corrected chi connectivity index (χ3v) is 2.79. The molecule has 0 aliphatic rings. The molecule has 0 amide bonds. The van der Waals surface area contributed by atoms with E-state index in [0.717, 1.165) is 31.4 Å². The number of aliphatic imine (C=N–C) groups is 1. The molecule has 0 unspecified atom stereocenters. The molecule has 2 N–H and O–H groups in total. The van der Waals surface area contributed by atoms with E-state index < -0.39 is 0 Å². The molecule has 114 valence electrons. The lowest BCUT2D eigenvalue weighted by atomic mass is 10.1. The Morgan fingerprint density at radius 2 is 2.10 bits per heavy atom. The second-order valence-corrected chi connectivity index (χ2v) is 5.24. The van der Waals surface area contributed by atoms with Crippen LogP contribution < -0.4 is 10.6 Å². The molecular formula is C14H27N5O. The molecule has 1 aromatic heterocycles. The normalized spacial score (nSPS) is 11.9. The number of aryl methyl sites for hydroxylation is 1. The van der Waals surface area contributed by atoms with Gasteiger partial charge in [-0.05, 0) is 19.3 Å². The summed E-state index contributed by atoms with van der Waals surface area (Å²) >= 11 is 0. The highest BCUT2D eigenvalue weighted by Gasteiger charge is 2.02. The van der Waals surface area contributed by atoms with Gasteiger partial charge in [-0.1, -0.05) is 31.8 Å². The summed E-state index contributed by atoms with van der Waals surface area (Å²) in [6.07, 6.45) is 3.68. The summed E-state index contributed by atoms with van der Waals surface area (Å²) in [5.74, 6) is 2.76. The fourth-order valence-electron chi connectivity index (χ4n) is 1.78. The van der Waals surface area contributed by atoms with E-state index in [4.69, 9.17) is 4.52 Å². The summed E-state index contributed by atoms with van der Waals surface area (Å²) in [5.41, 5.74) is 0. The van der Waals surface area contributed by atoms with E-state index >= 15 is 0 Å². The molecule has 0 bridgehead atoms. The predicted octanol–water partition coefficient (Wildman–Crippen LogP) is 2.26. The Morgan fingerprint density at radius 3 is 2.70 bits per heavy atom. The van der Waals surface area contributed by atoms with E-state index in [1.54, 1.807) is 6.92 Å². The molecule has 1 rings (SSSR count). The van der Waals surface area contributed by atoms with Gasteiger partial charge in [0.05, 0.1) is 0 Å². The van der Waals surface area contributed by atoms with Crippen LogP contribution in [0.25, 0.3) is 0 Å². The van der Waals surface area contributed by atoms with Crippen molar-refractivity contribution >= 4 is 5.96 Å². The van der Waals surface area contributed by atoms with Gasteiger partial charge in [-0.25, -0.2) is 4.99 Å². The highest BCUT2D eigenvalue weighted by atomic mass is 16.5. The van der Waals surface area contributed by atoms with Crippen molar-refractivity contribution in [3.63, 3.8) is 0 Å². The Morgan fingerprint density at radius 1 is 1.30 bits per heavy atom. The maximum atomic E-state index is 4.92. The second-order valence-electron chi connectivity index (χ2n) is 5.24. The van der Waals surface area contributed by atoms with Crippen LogP contribution in [0.5, 0.6) is 0 Å². The summed E-state index contributed by atoms with van der Waals surface area (Å²) < 4.78 is 4.92. The highest BCUT2D eigenvalue weighted by Crippen LogP contribution is 2.05. The van der Waals surface area contributed by atoms with E-state index in [1.165, 1.54) is 12.8 Å². The average molecular weight is 281 g/mol. The highest BCUT2D eigenvalue weighted by molar-refractivity contribution is 5.79. The van der Waals surface area contributed by atoms with Gasteiger partial charge < -0.3 is 15.2 Å². The molecule has 0 fully saturated rings. The van der Waals surface area contributed by atoms with Crippen molar-refractivity contribution in [2.75, 3.05) is 13.1 Å². The number of hydrogen-bond donors (Lipinski definition) is 2. The van der Waals surface area contributed by atoms with Crippen LogP contribution in [0.3, 0.4) is 0 Å². The van der Waals surface area contributed by atoms with Crippen molar-refractivity contribution in [2.24, 2.45) is 10.9 Å². The second kappa shape index (κ2) is 9.34. The number of nitrogens with zero attached hydrogens (tertiary/aromatic N) is 3. The lowest BCUT2D eigenvalue weighted by Gasteiger charge is -2.11. The number of unbranched alkanes of at least 4 members (excludes halogenated alkanes) is 1. The van der Waals surface area contributed by atoms with Gasteiger partial charge in [-0.3, -0.25) is 0 Å². The van der Waals surface area contributed by atoms with Gasteiger partial charge in [0, 0.05) is 20.0 Å². The monoisotopic (exact) mass is 281 g/mol. The molecule has 0 aromatic carbocycles. The van der Waals surface area contributed by atoms with Gasteiger partial charge in [-0.15, -0.1) is 0 Å². The van der Waals surface area contributed by atoms with Crippen LogP contribution in [-0.4, -0.2) is 29.2 Å².